The van der Waals surface area contributed by atoms with Gasteiger partial charge in [-0.15, -0.1) is 0 Å². The Bertz CT molecular complexity index is 383. The van der Waals surface area contributed by atoms with Gasteiger partial charge in [-0.2, -0.15) is 0 Å². The molecule has 1 aromatic rings. The van der Waals surface area contributed by atoms with Crippen molar-refractivity contribution >= 4 is 6.08 Å². The van der Waals surface area contributed by atoms with Crippen molar-refractivity contribution in [3.63, 3.8) is 0 Å². The Labute approximate surface area is 130 Å². The molecule has 0 saturated heterocycles. The molecule has 21 heavy (non-hydrogen) atoms. The van der Waals surface area contributed by atoms with Gasteiger partial charge in [-0.25, -0.2) is 0 Å². The Morgan fingerprint density at radius 3 is 2.48 bits per heavy atom. The molecule has 0 N–H and O–H groups in total. The van der Waals surface area contributed by atoms with E-state index in [-0.39, 0.29) is 0 Å². The van der Waals surface area contributed by atoms with E-state index in [9.17, 15) is 0 Å². The molecule has 1 aromatic carbocycles. The zero-order chi connectivity index (χ0) is 15.3. The summed E-state index contributed by atoms with van der Waals surface area (Å²) in [4.78, 5) is 2.58. The average Bonchev–Trinajstić information content (AvgIpc) is 2.51. The van der Waals surface area contributed by atoms with Crippen LogP contribution in [-0.2, 0) is 0 Å². The fourth-order valence-corrected chi connectivity index (χ4v) is 2.50. The van der Waals surface area contributed by atoms with Gasteiger partial charge < -0.3 is 9.64 Å². The van der Waals surface area contributed by atoms with Gasteiger partial charge in [0.1, 0.15) is 5.75 Å². The first-order chi connectivity index (χ1) is 10.3. The Morgan fingerprint density at radius 1 is 1.05 bits per heavy atom. The second-order valence-electron chi connectivity index (χ2n) is 5.53. The zero-order valence-electron chi connectivity index (χ0n) is 13.8. The van der Waals surface area contributed by atoms with E-state index in [2.05, 4.69) is 25.3 Å². The fourth-order valence-electron chi connectivity index (χ4n) is 2.50. The van der Waals surface area contributed by atoms with Crippen LogP contribution in [0, 0.1) is 0 Å². The van der Waals surface area contributed by atoms with Crippen molar-refractivity contribution in [2.75, 3.05) is 26.2 Å². The summed E-state index contributed by atoms with van der Waals surface area (Å²) in [7, 11) is 0. The normalized spacial score (nSPS) is 10.8. The molecule has 2 heteroatoms. The smallest absolute Gasteiger partial charge is 0.119 e. The third-order valence-corrected chi connectivity index (χ3v) is 3.56. The summed E-state index contributed by atoms with van der Waals surface area (Å²) in [5.74, 6) is 0.950. The van der Waals surface area contributed by atoms with Crippen LogP contribution in [0.1, 0.15) is 51.5 Å². The summed E-state index contributed by atoms with van der Waals surface area (Å²) in [6.07, 6.45) is 8.00. The quantitative estimate of drug-likeness (QED) is 0.502. The van der Waals surface area contributed by atoms with Crippen LogP contribution in [0.15, 0.2) is 30.8 Å². The largest absolute Gasteiger partial charge is 0.494 e. The van der Waals surface area contributed by atoms with Gasteiger partial charge in [0.25, 0.3) is 0 Å². The first kappa shape index (κ1) is 17.8. The van der Waals surface area contributed by atoms with Crippen molar-refractivity contribution in [3.8, 4) is 5.75 Å². The topological polar surface area (TPSA) is 12.5 Å². The van der Waals surface area contributed by atoms with Crippen LogP contribution >= 0.6 is 0 Å². The van der Waals surface area contributed by atoms with E-state index in [1.807, 2.05) is 30.3 Å². The molecule has 2 nitrogen and oxygen atoms in total. The lowest BCUT2D eigenvalue weighted by Crippen LogP contribution is -2.26. The maximum Gasteiger partial charge on any atom is 0.119 e. The van der Waals surface area contributed by atoms with Gasteiger partial charge >= 0.3 is 0 Å². The fraction of sp³-hybridized carbons (Fsp3) is 0.579. The van der Waals surface area contributed by atoms with E-state index in [0.717, 1.165) is 24.3 Å². The van der Waals surface area contributed by atoms with Crippen LogP contribution in [-0.4, -0.2) is 31.1 Å². The number of benzene rings is 1. The number of unbranched alkanes of at least 4 members (excludes halogenated alkanes) is 2. The predicted molar refractivity (Wildman–Crippen MR) is 92.9 cm³/mol. The minimum Gasteiger partial charge on any atom is -0.494 e. The first-order valence-electron chi connectivity index (χ1n) is 8.37. The standard InChI is InChI=1S/C19H31NO/c1-4-13-20(14-5-2)15-8-7-9-16-21-19-12-10-11-18(6-3)17-19/h6,10-12,17H,3-5,7-9,13-16H2,1-2H3. The molecule has 0 bridgehead atoms. The lowest BCUT2D eigenvalue weighted by atomic mass is 10.2. The number of ether oxygens (including phenoxy) is 1. The molecule has 0 aliphatic carbocycles. The molecule has 0 heterocycles. The first-order valence-corrected chi connectivity index (χ1v) is 8.37. The van der Waals surface area contributed by atoms with Gasteiger partial charge in [-0.1, -0.05) is 38.6 Å². The molecule has 0 aliphatic heterocycles. The van der Waals surface area contributed by atoms with E-state index >= 15 is 0 Å². The maximum atomic E-state index is 5.79. The SMILES string of the molecule is C=Cc1cccc(OCCCCCN(CCC)CCC)c1. The predicted octanol–water partition coefficient (Wildman–Crippen LogP) is 5.00. The van der Waals surface area contributed by atoms with Crippen molar-refractivity contribution in [1.29, 1.82) is 0 Å². The molecule has 0 spiro atoms. The second-order valence-corrected chi connectivity index (χ2v) is 5.53. The van der Waals surface area contributed by atoms with Crippen molar-refractivity contribution in [2.45, 2.75) is 46.0 Å². The summed E-state index contributed by atoms with van der Waals surface area (Å²) in [6.45, 7) is 12.8. The lowest BCUT2D eigenvalue weighted by molar-refractivity contribution is 0.259. The Balaban J connectivity index is 2.12. The molecule has 0 aliphatic rings. The summed E-state index contributed by atoms with van der Waals surface area (Å²) in [5, 5.41) is 0. The molecular formula is C19H31NO. The zero-order valence-corrected chi connectivity index (χ0v) is 13.8. The molecule has 0 radical (unpaired) electrons. The number of hydrogen-bond acceptors (Lipinski definition) is 2. The van der Waals surface area contributed by atoms with Gasteiger partial charge in [-0.3, -0.25) is 0 Å². The molecule has 0 amide bonds. The number of hydrogen-bond donors (Lipinski definition) is 0. The summed E-state index contributed by atoms with van der Waals surface area (Å²) in [6, 6.07) is 8.10. The van der Waals surface area contributed by atoms with Crippen LogP contribution < -0.4 is 4.74 Å². The molecule has 0 atom stereocenters. The Morgan fingerprint density at radius 2 is 1.81 bits per heavy atom. The molecule has 0 fully saturated rings. The van der Waals surface area contributed by atoms with Gasteiger partial charge in [0, 0.05) is 0 Å². The van der Waals surface area contributed by atoms with E-state index in [1.165, 1.54) is 45.3 Å². The molecule has 0 aromatic heterocycles. The van der Waals surface area contributed by atoms with Crippen LogP contribution in [0.25, 0.3) is 6.08 Å². The summed E-state index contributed by atoms with van der Waals surface area (Å²) in [5.41, 5.74) is 1.11. The van der Waals surface area contributed by atoms with Crippen LogP contribution in [0.3, 0.4) is 0 Å². The highest BCUT2D eigenvalue weighted by Gasteiger charge is 2.02. The molecule has 118 valence electrons. The highest BCUT2D eigenvalue weighted by molar-refractivity contribution is 5.49. The van der Waals surface area contributed by atoms with Crippen LogP contribution in [0.2, 0.25) is 0 Å². The molecular weight excluding hydrogens is 258 g/mol. The second kappa shape index (κ2) is 11.4. The Hall–Kier alpha value is -1.28. The summed E-state index contributed by atoms with van der Waals surface area (Å²) >= 11 is 0. The van der Waals surface area contributed by atoms with E-state index in [1.54, 1.807) is 0 Å². The van der Waals surface area contributed by atoms with Crippen LogP contribution in [0.5, 0.6) is 5.75 Å². The van der Waals surface area contributed by atoms with Gasteiger partial charge in [0.2, 0.25) is 0 Å². The minimum absolute atomic E-state index is 0.808. The van der Waals surface area contributed by atoms with E-state index < -0.39 is 0 Å². The summed E-state index contributed by atoms with van der Waals surface area (Å²) < 4.78 is 5.79. The average molecular weight is 289 g/mol. The van der Waals surface area contributed by atoms with Crippen LogP contribution in [0.4, 0.5) is 0 Å². The molecule has 1 rings (SSSR count). The third-order valence-electron chi connectivity index (χ3n) is 3.56. The van der Waals surface area contributed by atoms with E-state index in [4.69, 9.17) is 4.74 Å². The molecule has 0 unspecified atom stereocenters. The van der Waals surface area contributed by atoms with Gasteiger partial charge in [0.15, 0.2) is 0 Å². The number of nitrogens with zero attached hydrogens (tertiary/aromatic N) is 1. The van der Waals surface area contributed by atoms with Gasteiger partial charge in [-0.05, 0) is 69.4 Å². The highest BCUT2D eigenvalue weighted by atomic mass is 16.5. The van der Waals surface area contributed by atoms with Crippen molar-refractivity contribution in [2.24, 2.45) is 0 Å². The van der Waals surface area contributed by atoms with Gasteiger partial charge in [0.05, 0.1) is 6.61 Å². The number of rotatable bonds is 12. The maximum absolute atomic E-state index is 5.79. The van der Waals surface area contributed by atoms with E-state index in [0.29, 0.717) is 0 Å². The van der Waals surface area contributed by atoms with Crippen molar-refractivity contribution in [1.82, 2.24) is 4.90 Å². The third kappa shape index (κ3) is 7.91. The highest BCUT2D eigenvalue weighted by Crippen LogP contribution is 2.14. The molecule has 0 saturated carbocycles. The Kier molecular flexibility index (Phi) is 9.64. The van der Waals surface area contributed by atoms with Crippen molar-refractivity contribution < 1.29 is 4.74 Å². The van der Waals surface area contributed by atoms with Crippen molar-refractivity contribution in [3.05, 3.63) is 36.4 Å². The monoisotopic (exact) mass is 289 g/mol. The lowest BCUT2D eigenvalue weighted by Gasteiger charge is -2.20. The minimum atomic E-state index is 0.808.